The van der Waals surface area contributed by atoms with Gasteiger partial charge in [-0.25, -0.2) is 5.84 Å². The second-order valence-electron chi connectivity index (χ2n) is 9.64. The molecule has 1 aliphatic heterocycles. The first-order valence-corrected chi connectivity index (χ1v) is 13.1. The summed E-state index contributed by atoms with van der Waals surface area (Å²) in [5.74, 6) is 6.25. The molecule has 192 valence electrons. The van der Waals surface area contributed by atoms with Crippen LogP contribution in [0.3, 0.4) is 0 Å². The normalized spacial score (nSPS) is 13.1. The number of amidine groups is 1. The number of nitrogens with zero attached hydrogens (tertiary/aromatic N) is 2. The van der Waals surface area contributed by atoms with Crippen LogP contribution in [0.4, 0.5) is 11.4 Å². The van der Waals surface area contributed by atoms with Gasteiger partial charge in [0.1, 0.15) is 5.84 Å². The summed E-state index contributed by atoms with van der Waals surface area (Å²) in [5, 5.41) is 13.3. The first-order valence-electron chi connectivity index (χ1n) is 13.1. The van der Waals surface area contributed by atoms with E-state index in [2.05, 4.69) is 16.3 Å². The molecule has 5 rings (SSSR count). The van der Waals surface area contributed by atoms with Crippen LogP contribution in [0.5, 0.6) is 0 Å². The molecule has 0 spiro atoms. The topological polar surface area (TPSA) is 85.5 Å². The minimum atomic E-state index is -0.213. The predicted octanol–water partition coefficient (Wildman–Crippen LogP) is 6.30. The lowest BCUT2D eigenvalue weighted by atomic mass is 10.0. The van der Waals surface area contributed by atoms with Gasteiger partial charge >= 0.3 is 0 Å². The molecule has 4 aromatic carbocycles. The SMILES string of the molecule is N=C(c1ccc(-c2ccccc2)cc1NC(=O)c1cccc(N2CCCCC2)c1)N(N)Cc1ccccc1. The highest BCUT2D eigenvalue weighted by atomic mass is 16.1. The maximum Gasteiger partial charge on any atom is 0.255 e. The largest absolute Gasteiger partial charge is 0.372 e. The number of piperidine rings is 1. The predicted molar refractivity (Wildman–Crippen MR) is 155 cm³/mol. The maximum absolute atomic E-state index is 13.5. The number of rotatable bonds is 7. The molecule has 1 heterocycles. The molecule has 0 aliphatic carbocycles. The van der Waals surface area contributed by atoms with Gasteiger partial charge in [0.25, 0.3) is 5.91 Å². The second-order valence-corrected chi connectivity index (χ2v) is 9.64. The third-order valence-electron chi connectivity index (χ3n) is 6.94. The van der Waals surface area contributed by atoms with Gasteiger partial charge in [-0.3, -0.25) is 15.2 Å². The van der Waals surface area contributed by atoms with Crippen LogP contribution in [-0.2, 0) is 6.54 Å². The van der Waals surface area contributed by atoms with Crippen LogP contribution < -0.4 is 16.1 Å². The van der Waals surface area contributed by atoms with Crippen LogP contribution >= 0.6 is 0 Å². The second kappa shape index (κ2) is 11.8. The Morgan fingerprint density at radius 3 is 2.26 bits per heavy atom. The van der Waals surface area contributed by atoms with Gasteiger partial charge in [0.05, 0.1) is 12.2 Å². The van der Waals surface area contributed by atoms with Crippen LogP contribution in [0, 0.1) is 5.41 Å². The number of amides is 1. The van der Waals surface area contributed by atoms with E-state index in [1.807, 2.05) is 97.1 Å². The number of anilines is 2. The Labute approximate surface area is 224 Å². The number of nitrogens with one attached hydrogen (secondary N) is 2. The molecule has 4 aromatic rings. The fourth-order valence-corrected chi connectivity index (χ4v) is 4.87. The van der Waals surface area contributed by atoms with E-state index >= 15 is 0 Å². The van der Waals surface area contributed by atoms with Crippen molar-refractivity contribution in [1.82, 2.24) is 5.01 Å². The van der Waals surface area contributed by atoms with Gasteiger partial charge in [-0.05, 0) is 66.3 Å². The molecule has 1 amide bonds. The van der Waals surface area contributed by atoms with Crippen molar-refractivity contribution in [3.05, 3.63) is 120 Å². The molecule has 0 bridgehead atoms. The van der Waals surface area contributed by atoms with Gasteiger partial charge in [0.15, 0.2) is 0 Å². The zero-order chi connectivity index (χ0) is 26.3. The van der Waals surface area contributed by atoms with E-state index in [4.69, 9.17) is 11.3 Å². The van der Waals surface area contributed by atoms with E-state index in [-0.39, 0.29) is 11.7 Å². The molecule has 0 saturated carbocycles. The summed E-state index contributed by atoms with van der Waals surface area (Å²) < 4.78 is 0. The smallest absolute Gasteiger partial charge is 0.255 e. The number of carbonyl (C=O) groups is 1. The number of nitrogens with two attached hydrogens (primary N) is 1. The van der Waals surface area contributed by atoms with Crippen molar-refractivity contribution in [3.8, 4) is 11.1 Å². The molecule has 4 N–H and O–H groups in total. The van der Waals surface area contributed by atoms with Gasteiger partial charge in [-0.1, -0.05) is 72.8 Å². The summed E-state index contributed by atoms with van der Waals surface area (Å²) in [6.07, 6.45) is 3.60. The molecule has 38 heavy (non-hydrogen) atoms. The van der Waals surface area contributed by atoms with Crippen molar-refractivity contribution < 1.29 is 4.79 Å². The summed E-state index contributed by atoms with van der Waals surface area (Å²) >= 11 is 0. The van der Waals surface area contributed by atoms with Crippen LogP contribution in [0.1, 0.15) is 40.7 Å². The zero-order valence-electron chi connectivity index (χ0n) is 21.4. The van der Waals surface area contributed by atoms with Crippen molar-refractivity contribution in [2.45, 2.75) is 25.8 Å². The highest BCUT2D eigenvalue weighted by molar-refractivity contribution is 6.10. The van der Waals surface area contributed by atoms with Crippen LogP contribution in [-0.4, -0.2) is 29.8 Å². The molecule has 6 nitrogen and oxygen atoms in total. The van der Waals surface area contributed by atoms with Crippen LogP contribution in [0.15, 0.2) is 103 Å². The fraction of sp³-hybridized carbons (Fsp3) is 0.188. The van der Waals surface area contributed by atoms with Crippen molar-refractivity contribution in [2.24, 2.45) is 5.84 Å². The van der Waals surface area contributed by atoms with Crippen molar-refractivity contribution >= 4 is 23.1 Å². The summed E-state index contributed by atoms with van der Waals surface area (Å²) in [4.78, 5) is 15.8. The standard InChI is InChI=1S/C32H33N5O/c33-31(37(34)23-24-11-4-1-5-12-24)29-18-17-26(25-13-6-2-7-14-25)22-30(29)35-32(38)27-15-10-16-28(21-27)36-19-8-3-9-20-36/h1-2,4-7,10-18,21-22,33H,3,8-9,19-20,23,34H2,(H,35,38). The minimum absolute atomic E-state index is 0.130. The summed E-state index contributed by atoms with van der Waals surface area (Å²) in [6, 6.07) is 33.3. The molecule has 1 saturated heterocycles. The number of benzene rings is 4. The van der Waals surface area contributed by atoms with E-state index in [1.54, 1.807) is 0 Å². The average Bonchev–Trinajstić information content (AvgIpc) is 2.98. The first kappa shape index (κ1) is 25.2. The average molecular weight is 504 g/mol. The molecular weight excluding hydrogens is 470 g/mol. The molecule has 0 radical (unpaired) electrons. The van der Waals surface area contributed by atoms with E-state index < -0.39 is 0 Å². The van der Waals surface area contributed by atoms with Crippen LogP contribution in [0.2, 0.25) is 0 Å². The maximum atomic E-state index is 13.5. The zero-order valence-corrected chi connectivity index (χ0v) is 21.4. The summed E-state index contributed by atoms with van der Waals surface area (Å²) in [5.41, 5.74) is 5.75. The third kappa shape index (κ3) is 5.93. The van der Waals surface area contributed by atoms with Gasteiger partial charge in [0.2, 0.25) is 0 Å². The monoisotopic (exact) mass is 503 g/mol. The molecule has 1 fully saturated rings. The Kier molecular flexibility index (Phi) is 7.81. The highest BCUT2D eigenvalue weighted by Crippen LogP contribution is 2.28. The van der Waals surface area contributed by atoms with Crippen molar-refractivity contribution in [1.29, 1.82) is 5.41 Å². The molecule has 0 atom stereocenters. The number of hydrogen-bond acceptors (Lipinski definition) is 4. The first-order chi connectivity index (χ1) is 18.6. The third-order valence-corrected chi connectivity index (χ3v) is 6.94. The number of hydrazine groups is 1. The molecule has 1 aliphatic rings. The Hall–Kier alpha value is -4.42. The molecular formula is C32H33N5O. The van der Waals surface area contributed by atoms with Gasteiger partial charge in [-0.2, -0.15) is 0 Å². The highest BCUT2D eigenvalue weighted by Gasteiger charge is 2.18. The van der Waals surface area contributed by atoms with Crippen molar-refractivity contribution in [2.75, 3.05) is 23.3 Å². The molecule has 0 unspecified atom stereocenters. The van der Waals surface area contributed by atoms with Crippen LogP contribution in [0.25, 0.3) is 11.1 Å². The van der Waals surface area contributed by atoms with Gasteiger partial charge < -0.3 is 10.2 Å². The Bertz CT molecular complexity index is 1400. The number of carbonyl (C=O) groups excluding carboxylic acids is 1. The van der Waals surface area contributed by atoms with E-state index in [1.165, 1.54) is 24.3 Å². The minimum Gasteiger partial charge on any atom is -0.372 e. The Morgan fingerprint density at radius 2 is 1.53 bits per heavy atom. The molecule has 6 heteroatoms. The van der Waals surface area contributed by atoms with E-state index in [0.717, 1.165) is 35.5 Å². The van der Waals surface area contributed by atoms with E-state index in [9.17, 15) is 4.79 Å². The summed E-state index contributed by atoms with van der Waals surface area (Å²) in [7, 11) is 0. The Balaban J connectivity index is 1.44. The van der Waals surface area contributed by atoms with Crippen molar-refractivity contribution in [3.63, 3.8) is 0 Å². The Morgan fingerprint density at radius 1 is 0.816 bits per heavy atom. The quantitative estimate of drug-likeness (QED) is 0.120. The summed E-state index contributed by atoms with van der Waals surface area (Å²) in [6.45, 7) is 2.41. The lowest BCUT2D eigenvalue weighted by Crippen LogP contribution is -2.37. The molecule has 0 aromatic heterocycles. The van der Waals surface area contributed by atoms with Gasteiger partial charge in [-0.15, -0.1) is 0 Å². The number of hydrogen-bond donors (Lipinski definition) is 3. The fourth-order valence-electron chi connectivity index (χ4n) is 4.87. The lowest BCUT2D eigenvalue weighted by molar-refractivity contribution is 0.102. The lowest BCUT2D eigenvalue weighted by Gasteiger charge is -2.29. The van der Waals surface area contributed by atoms with Gasteiger partial charge in [0, 0.05) is 29.9 Å². The van der Waals surface area contributed by atoms with E-state index in [0.29, 0.717) is 23.4 Å².